The molecule has 1 aliphatic rings. The van der Waals surface area contributed by atoms with Gasteiger partial charge in [-0.15, -0.1) is 0 Å². The number of hydrogen-bond donors (Lipinski definition) is 4. The second kappa shape index (κ2) is 11.3. The van der Waals surface area contributed by atoms with Crippen LogP contribution in [0.5, 0.6) is 5.75 Å². The van der Waals surface area contributed by atoms with Crippen LogP contribution in [0.2, 0.25) is 0 Å². The molecule has 3 unspecified atom stereocenters. The van der Waals surface area contributed by atoms with E-state index in [0.717, 1.165) is 48.1 Å². The number of anilines is 1. The second-order valence-electron chi connectivity index (χ2n) is 8.83. The fourth-order valence-electron chi connectivity index (χ4n) is 4.50. The third-order valence-electron chi connectivity index (χ3n) is 6.30. The van der Waals surface area contributed by atoms with Crippen LogP contribution in [-0.2, 0) is 6.54 Å². The first-order valence-corrected chi connectivity index (χ1v) is 12.0. The zero-order valence-corrected chi connectivity index (χ0v) is 20.2. The molecule has 3 aromatic carbocycles. The van der Waals surface area contributed by atoms with Crippen LogP contribution in [0, 0.1) is 0 Å². The van der Waals surface area contributed by atoms with Crippen LogP contribution in [0.3, 0.4) is 0 Å². The zero-order valence-electron chi connectivity index (χ0n) is 20.2. The molecule has 0 bridgehead atoms. The Bertz CT molecular complexity index is 1090. The largest absolute Gasteiger partial charge is 0.497 e. The molecule has 1 fully saturated rings. The molecule has 7 heteroatoms. The van der Waals surface area contributed by atoms with Crippen molar-refractivity contribution in [3.05, 3.63) is 72.3 Å². The fourth-order valence-corrected chi connectivity index (χ4v) is 4.50. The number of fused-ring (bicyclic) bond motifs is 1. The minimum absolute atomic E-state index is 0.0798. The highest BCUT2D eigenvalue weighted by Gasteiger charge is 2.33. The van der Waals surface area contributed by atoms with E-state index in [1.54, 1.807) is 7.11 Å². The van der Waals surface area contributed by atoms with E-state index in [2.05, 4.69) is 58.2 Å². The van der Waals surface area contributed by atoms with Crippen molar-refractivity contribution in [1.29, 1.82) is 0 Å². The Labute approximate surface area is 201 Å². The molecule has 2 amide bonds. The molecule has 1 aliphatic heterocycles. The van der Waals surface area contributed by atoms with Crippen molar-refractivity contribution in [2.75, 3.05) is 19.0 Å². The molecule has 0 saturated carbocycles. The topological polar surface area (TPSA) is 77.7 Å². The van der Waals surface area contributed by atoms with Crippen molar-refractivity contribution in [3.63, 3.8) is 0 Å². The van der Waals surface area contributed by atoms with E-state index in [1.807, 2.05) is 48.5 Å². The van der Waals surface area contributed by atoms with Gasteiger partial charge in [-0.3, -0.25) is 15.5 Å². The summed E-state index contributed by atoms with van der Waals surface area (Å²) in [5, 5.41) is 15.5. The van der Waals surface area contributed by atoms with Crippen LogP contribution < -0.4 is 26.0 Å². The van der Waals surface area contributed by atoms with Gasteiger partial charge in [-0.1, -0.05) is 49.4 Å². The first-order chi connectivity index (χ1) is 16.6. The predicted molar refractivity (Wildman–Crippen MR) is 138 cm³/mol. The maximum Gasteiger partial charge on any atom is 0.321 e. The number of nitrogens with one attached hydrogen (secondary N) is 4. The van der Waals surface area contributed by atoms with Gasteiger partial charge in [-0.2, -0.15) is 0 Å². The van der Waals surface area contributed by atoms with Crippen molar-refractivity contribution >= 4 is 22.5 Å². The molecule has 3 atom stereocenters. The summed E-state index contributed by atoms with van der Waals surface area (Å²) in [7, 11) is 1.67. The average Bonchev–Trinajstić information content (AvgIpc) is 2.85. The van der Waals surface area contributed by atoms with Gasteiger partial charge in [-0.05, 0) is 60.4 Å². The average molecular weight is 462 g/mol. The van der Waals surface area contributed by atoms with Crippen molar-refractivity contribution < 1.29 is 9.53 Å². The number of benzene rings is 3. The van der Waals surface area contributed by atoms with Gasteiger partial charge < -0.3 is 15.4 Å². The van der Waals surface area contributed by atoms with Crippen LogP contribution in [0.1, 0.15) is 32.3 Å². The second-order valence-corrected chi connectivity index (χ2v) is 8.83. The molecule has 0 radical (unpaired) electrons. The number of methoxy groups -OCH3 is 1. The van der Waals surface area contributed by atoms with Crippen molar-refractivity contribution in [2.24, 2.45) is 0 Å². The summed E-state index contributed by atoms with van der Waals surface area (Å²) in [6.07, 6.45) is 1.77. The maximum atomic E-state index is 12.9. The Morgan fingerprint density at radius 1 is 1.09 bits per heavy atom. The first kappa shape index (κ1) is 24.0. The summed E-state index contributed by atoms with van der Waals surface area (Å²) in [4.78, 5) is 15.2. The lowest BCUT2D eigenvalue weighted by Gasteiger charge is -2.45. The monoisotopic (exact) mass is 461 g/mol. The van der Waals surface area contributed by atoms with E-state index in [4.69, 9.17) is 4.74 Å². The lowest BCUT2D eigenvalue weighted by molar-refractivity contribution is 0.0332. The number of rotatable bonds is 8. The van der Waals surface area contributed by atoms with Gasteiger partial charge in [0.25, 0.3) is 0 Å². The summed E-state index contributed by atoms with van der Waals surface area (Å²) in [6, 6.07) is 22.2. The SMILES string of the molecule is CCCN1C(C)CC(NCc2ccc(OC)cc2)NC1NC(=O)Nc1ccc2ccccc2c1. The lowest BCUT2D eigenvalue weighted by Crippen LogP contribution is -2.68. The Morgan fingerprint density at radius 2 is 1.85 bits per heavy atom. The molecular weight excluding hydrogens is 426 g/mol. The molecule has 0 spiro atoms. The van der Waals surface area contributed by atoms with Crippen LogP contribution in [0.25, 0.3) is 10.8 Å². The summed E-state index contributed by atoms with van der Waals surface area (Å²) >= 11 is 0. The van der Waals surface area contributed by atoms with Crippen molar-refractivity contribution in [3.8, 4) is 5.75 Å². The predicted octanol–water partition coefficient (Wildman–Crippen LogP) is 4.46. The summed E-state index contributed by atoms with van der Waals surface area (Å²) in [5.41, 5.74) is 1.96. The number of nitrogens with zero attached hydrogens (tertiary/aromatic N) is 1. The maximum absolute atomic E-state index is 12.9. The quantitative estimate of drug-likeness (QED) is 0.398. The van der Waals surface area contributed by atoms with Gasteiger partial charge in [0.15, 0.2) is 0 Å². The van der Waals surface area contributed by atoms with E-state index < -0.39 is 0 Å². The third kappa shape index (κ3) is 6.05. The molecule has 1 heterocycles. The van der Waals surface area contributed by atoms with Crippen LogP contribution in [-0.4, -0.2) is 43.1 Å². The number of carbonyl (C=O) groups excluding carboxylic acids is 1. The van der Waals surface area contributed by atoms with Crippen molar-refractivity contribution in [1.82, 2.24) is 20.9 Å². The van der Waals surface area contributed by atoms with E-state index in [0.29, 0.717) is 6.04 Å². The van der Waals surface area contributed by atoms with Gasteiger partial charge in [0.2, 0.25) is 0 Å². The minimum atomic E-state index is -0.266. The van der Waals surface area contributed by atoms with Crippen molar-refractivity contribution in [2.45, 2.75) is 51.7 Å². The summed E-state index contributed by atoms with van der Waals surface area (Å²) in [5.74, 6) is 0.852. The molecule has 7 nitrogen and oxygen atoms in total. The molecule has 34 heavy (non-hydrogen) atoms. The van der Waals surface area contributed by atoms with Gasteiger partial charge in [-0.25, -0.2) is 4.79 Å². The van der Waals surface area contributed by atoms with Gasteiger partial charge in [0.05, 0.1) is 13.3 Å². The Morgan fingerprint density at radius 3 is 2.59 bits per heavy atom. The standard InChI is InChI=1S/C27H35N5O2/c1-4-15-32-19(2)16-25(28-18-20-9-13-24(34-3)14-10-20)30-26(32)31-27(33)29-23-12-11-21-7-5-6-8-22(21)17-23/h5-14,17,19,25-26,28,30H,4,15-16,18H2,1-3H3,(H2,29,31,33). The molecule has 4 rings (SSSR count). The highest BCUT2D eigenvalue weighted by Crippen LogP contribution is 2.20. The molecule has 0 aliphatic carbocycles. The van der Waals surface area contributed by atoms with Gasteiger partial charge in [0.1, 0.15) is 12.0 Å². The van der Waals surface area contributed by atoms with Gasteiger partial charge >= 0.3 is 6.03 Å². The zero-order chi connectivity index (χ0) is 23.9. The highest BCUT2D eigenvalue weighted by atomic mass is 16.5. The molecule has 0 aromatic heterocycles. The lowest BCUT2D eigenvalue weighted by atomic mass is 10.1. The molecular formula is C27H35N5O2. The number of amides is 2. The molecule has 1 saturated heterocycles. The van der Waals surface area contributed by atoms with E-state index >= 15 is 0 Å². The smallest absolute Gasteiger partial charge is 0.321 e. The number of hydrogen-bond acceptors (Lipinski definition) is 5. The number of urea groups is 1. The third-order valence-corrected chi connectivity index (χ3v) is 6.30. The van der Waals surface area contributed by atoms with E-state index in [-0.39, 0.29) is 18.5 Å². The Hall–Kier alpha value is -3.13. The Kier molecular flexibility index (Phi) is 8.00. The van der Waals surface area contributed by atoms with Gasteiger partial charge in [0, 0.05) is 24.8 Å². The normalized spacial score (nSPS) is 20.7. The fraction of sp³-hybridized carbons (Fsp3) is 0.370. The summed E-state index contributed by atoms with van der Waals surface area (Å²) < 4.78 is 5.24. The summed E-state index contributed by atoms with van der Waals surface area (Å²) in [6.45, 7) is 6.01. The van der Waals surface area contributed by atoms with Crippen LogP contribution in [0.15, 0.2) is 66.7 Å². The molecule has 180 valence electrons. The number of ether oxygens (including phenoxy) is 1. The Balaban J connectivity index is 1.38. The first-order valence-electron chi connectivity index (χ1n) is 12.0. The van der Waals surface area contributed by atoms with E-state index in [9.17, 15) is 4.79 Å². The number of carbonyl (C=O) groups is 1. The molecule has 3 aromatic rings. The highest BCUT2D eigenvalue weighted by molar-refractivity contribution is 5.93. The van der Waals surface area contributed by atoms with E-state index in [1.165, 1.54) is 5.56 Å². The van der Waals surface area contributed by atoms with Crippen LogP contribution >= 0.6 is 0 Å². The van der Waals surface area contributed by atoms with Crippen LogP contribution in [0.4, 0.5) is 10.5 Å². The molecule has 4 N–H and O–H groups in total. The minimum Gasteiger partial charge on any atom is -0.497 e.